The molecule has 0 bridgehead atoms. The maximum Gasteiger partial charge on any atom is 0.254 e. The van der Waals surface area contributed by atoms with Gasteiger partial charge in [0.2, 0.25) is 5.91 Å². The van der Waals surface area contributed by atoms with Crippen LogP contribution in [0.3, 0.4) is 0 Å². The number of likely N-dealkylation sites (tertiary alicyclic amines) is 1. The van der Waals surface area contributed by atoms with Crippen LogP contribution < -0.4 is 0 Å². The van der Waals surface area contributed by atoms with Crippen molar-refractivity contribution in [2.24, 2.45) is 5.92 Å². The molecule has 2 fully saturated rings. The number of benzene rings is 2. The molecule has 5 rings (SSSR count). The lowest BCUT2D eigenvalue weighted by Gasteiger charge is -2.26. The van der Waals surface area contributed by atoms with Crippen molar-refractivity contribution in [3.8, 4) is 0 Å². The molecule has 6 nitrogen and oxygen atoms in total. The third kappa shape index (κ3) is 5.54. The molecular weight excluding hydrogens is 436 g/mol. The molecule has 6 heteroatoms. The third-order valence-electron chi connectivity index (χ3n) is 7.36. The first-order valence-corrected chi connectivity index (χ1v) is 12.8. The molecule has 3 heterocycles. The zero-order valence-corrected chi connectivity index (χ0v) is 20.5. The van der Waals surface area contributed by atoms with Crippen molar-refractivity contribution in [1.29, 1.82) is 0 Å². The minimum atomic E-state index is 0.0708. The van der Waals surface area contributed by atoms with Crippen molar-refractivity contribution in [3.05, 3.63) is 77.5 Å². The highest BCUT2D eigenvalue weighted by Gasteiger charge is 2.29. The van der Waals surface area contributed by atoms with E-state index in [0.29, 0.717) is 26.2 Å². The minimum Gasteiger partial charge on any atom is -0.341 e. The number of amides is 2. The predicted molar refractivity (Wildman–Crippen MR) is 138 cm³/mol. The van der Waals surface area contributed by atoms with Crippen molar-refractivity contribution >= 4 is 22.7 Å². The van der Waals surface area contributed by atoms with Crippen molar-refractivity contribution in [1.82, 2.24) is 19.7 Å². The summed E-state index contributed by atoms with van der Waals surface area (Å²) in [7, 11) is 0. The summed E-state index contributed by atoms with van der Waals surface area (Å²) in [6, 6.07) is 18.4. The second kappa shape index (κ2) is 10.6. The number of carbonyl (C=O) groups excluding carboxylic acids is 2. The number of nitrogens with zero attached hydrogens (tertiary/aromatic N) is 4. The molecule has 0 radical (unpaired) electrons. The molecule has 1 aromatic heterocycles. The van der Waals surface area contributed by atoms with Gasteiger partial charge in [0.15, 0.2) is 0 Å². The Kier molecular flexibility index (Phi) is 7.09. The Bertz CT molecular complexity index is 1200. The van der Waals surface area contributed by atoms with E-state index in [1.54, 1.807) is 6.92 Å². The normalized spacial score (nSPS) is 19.2. The highest BCUT2D eigenvalue weighted by Crippen LogP contribution is 2.22. The van der Waals surface area contributed by atoms with E-state index in [1.807, 2.05) is 40.3 Å². The molecule has 2 saturated heterocycles. The molecule has 0 spiro atoms. The van der Waals surface area contributed by atoms with Crippen LogP contribution in [0.4, 0.5) is 0 Å². The number of carbonyl (C=O) groups is 2. The van der Waals surface area contributed by atoms with Crippen LogP contribution in [-0.2, 0) is 17.8 Å². The van der Waals surface area contributed by atoms with Crippen LogP contribution in [0, 0.1) is 5.92 Å². The van der Waals surface area contributed by atoms with E-state index < -0.39 is 0 Å². The van der Waals surface area contributed by atoms with Gasteiger partial charge in [0.25, 0.3) is 5.91 Å². The smallest absolute Gasteiger partial charge is 0.254 e. The largest absolute Gasteiger partial charge is 0.341 e. The van der Waals surface area contributed by atoms with Crippen molar-refractivity contribution in [2.75, 3.05) is 39.3 Å². The van der Waals surface area contributed by atoms with Crippen LogP contribution in [-0.4, -0.2) is 70.8 Å². The fourth-order valence-electron chi connectivity index (χ4n) is 5.51. The van der Waals surface area contributed by atoms with Crippen LogP contribution in [0.2, 0.25) is 0 Å². The maximum absolute atomic E-state index is 13.8. The predicted octanol–water partition coefficient (Wildman–Crippen LogP) is 3.99. The molecular formula is C29H34N4O2. The van der Waals surface area contributed by atoms with Gasteiger partial charge in [0, 0.05) is 56.8 Å². The number of rotatable bonds is 5. The summed E-state index contributed by atoms with van der Waals surface area (Å²) in [6.07, 6.45) is 5.09. The Balaban J connectivity index is 1.37. The molecule has 2 aromatic carbocycles. The summed E-state index contributed by atoms with van der Waals surface area (Å²) in [5.41, 5.74) is 4.09. The first kappa shape index (κ1) is 23.5. The Labute approximate surface area is 207 Å². The van der Waals surface area contributed by atoms with Crippen LogP contribution in [0.1, 0.15) is 41.3 Å². The average Bonchev–Trinajstić information content (AvgIpc) is 3.29. The topological polar surface area (TPSA) is 56.8 Å². The molecule has 182 valence electrons. The Hall–Kier alpha value is -3.25. The number of fused-ring (bicyclic) bond motifs is 1. The van der Waals surface area contributed by atoms with Gasteiger partial charge in [0.1, 0.15) is 0 Å². The number of pyridine rings is 1. The number of hydrogen-bond acceptors (Lipinski definition) is 4. The van der Waals surface area contributed by atoms with E-state index in [9.17, 15) is 9.59 Å². The lowest BCUT2D eigenvalue weighted by Crippen LogP contribution is -2.37. The second-order valence-corrected chi connectivity index (χ2v) is 9.96. The standard InChI is InChI=1S/C29H34N4O2/c1-22(34)32-15-16-33(29(35)27-9-3-2-7-26(27)21-31-13-4-5-14-31)20-24(19-32)17-23-10-11-28-25(18-23)8-6-12-30-28/h2-3,6-12,18,24H,4-5,13-17,19-21H2,1H3/t24-/m1/s1. The van der Waals surface area contributed by atoms with E-state index in [2.05, 4.69) is 40.2 Å². The number of hydrogen-bond donors (Lipinski definition) is 0. The van der Waals surface area contributed by atoms with Crippen molar-refractivity contribution in [2.45, 2.75) is 32.7 Å². The van der Waals surface area contributed by atoms with E-state index in [4.69, 9.17) is 0 Å². The first-order chi connectivity index (χ1) is 17.1. The highest BCUT2D eigenvalue weighted by atomic mass is 16.2. The molecule has 35 heavy (non-hydrogen) atoms. The molecule has 2 aliphatic rings. The van der Waals surface area contributed by atoms with Gasteiger partial charge in [0.05, 0.1) is 5.52 Å². The number of aromatic nitrogens is 1. The molecule has 3 aromatic rings. The molecule has 0 aliphatic carbocycles. The van der Waals surface area contributed by atoms with E-state index in [-0.39, 0.29) is 17.7 Å². The fourth-order valence-corrected chi connectivity index (χ4v) is 5.51. The molecule has 2 aliphatic heterocycles. The molecule has 0 unspecified atom stereocenters. The Morgan fingerprint density at radius 1 is 0.914 bits per heavy atom. The van der Waals surface area contributed by atoms with Gasteiger partial charge in [-0.2, -0.15) is 0 Å². The summed E-state index contributed by atoms with van der Waals surface area (Å²) in [5.74, 6) is 0.324. The third-order valence-corrected chi connectivity index (χ3v) is 7.36. The zero-order valence-electron chi connectivity index (χ0n) is 20.5. The molecule has 0 N–H and O–H groups in total. The lowest BCUT2D eigenvalue weighted by molar-refractivity contribution is -0.129. The Morgan fingerprint density at radius 3 is 2.51 bits per heavy atom. The van der Waals surface area contributed by atoms with Crippen molar-refractivity contribution in [3.63, 3.8) is 0 Å². The van der Waals surface area contributed by atoms with Crippen molar-refractivity contribution < 1.29 is 9.59 Å². The SMILES string of the molecule is CC(=O)N1CCN(C(=O)c2ccccc2CN2CCCC2)C[C@H](Cc2ccc3ncccc3c2)C1. The highest BCUT2D eigenvalue weighted by molar-refractivity contribution is 5.95. The first-order valence-electron chi connectivity index (χ1n) is 12.8. The van der Waals surface area contributed by atoms with Crippen LogP contribution in [0.25, 0.3) is 10.9 Å². The van der Waals surface area contributed by atoms with E-state index in [0.717, 1.165) is 48.1 Å². The quantitative estimate of drug-likeness (QED) is 0.566. The molecule has 2 amide bonds. The zero-order chi connectivity index (χ0) is 24.2. The van der Waals surface area contributed by atoms with E-state index >= 15 is 0 Å². The summed E-state index contributed by atoms with van der Waals surface area (Å²) in [5, 5.41) is 1.12. The van der Waals surface area contributed by atoms with Crippen LogP contribution in [0.15, 0.2) is 60.8 Å². The summed E-state index contributed by atoms with van der Waals surface area (Å²) in [4.78, 5) is 36.8. The summed E-state index contributed by atoms with van der Waals surface area (Å²) >= 11 is 0. The van der Waals surface area contributed by atoms with Gasteiger partial charge in [-0.25, -0.2) is 0 Å². The van der Waals surface area contributed by atoms with E-state index in [1.165, 1.54) is 18.4 Å². The van der Waals surface area contributed by atoms with Gasteiger partial charge in [-0.3, -0.25) is 19.5 Å². The van der Waals surface area contributed by atoms with Gasteiger partial charge in [-0.1, -0.05) is 30.3 Å². The van der Waals surface area contributed by atoms with Gasteiger partial charge in [-0.05, 0) is 73.7 Å². The van der Waals surface area contributed by atoms with Crippen LogP contribution in [0.5, 0.6) is 0 Å². The maximum atomic E-state index is 13.8. The summed E-state index contributed by atoms with van der Waals surface area (Å²) < 4.78 is 0. The van der Waals surface area contributed by atoms with Crippen LogP contribution >= 0.6 is 0 Å². The monoisotopic (exact) mass is 470 g/mol. The van der Waals surface area contributed by atoms with Gasteiger partial charge in [-0.15, -0.1) is 0 Å². The average molecular weight is 471 g/mol. The molecule has 0 saturated carbocycles. The van der Waals surface area contributed by atoms with Gasteiger partial charge >= 0.3 is 0 Å². The Morgan fingerprint density at radius 2 is 1.69 bits per heavy atom. The fraction of sp³-hybridized carbons (Fsp3) is 0.414. The second-order valence-electron chi connectivity index (χ2n) is 9.96. The molecule has 1 atom stereocenters. The van der Waals surface area contributed by atoms with Gasteiger partial charge < -0.3 is 9.80 Å². The lowest BCUT2D eigenvalue weighted by atomic mass is 9.96. The summed E-state index contributed by atoms with van der Waals surface area (Å²) in [6.45, 7) is 7.10. The minimum absolute atomic E-state index is 0.0708.